The molecule has 24 heavy (non-hydrogen) atoms. The van der Waals surface area contributed by atoms with Gasteiger partial charge in [0.05, 0.1) is 11.6 Å². The Balaban J connectivity index is 1.72. The molecule has 7 heteroatoms. The van der Waals surface area contributed by atoms with Crippen LogP contribution in [-0.2, 0) is 4.79 Å². The SMILES string of the molecule is O=C1C(=Cc2ccc(Cl)cc2)SC(=S)N1CNc1ccccc1Br. The number of carbonyl (C=O) groups excluding carboxylic acids is 1. The number of nitrogens with one attached hydrogen (secondary N) is 1. The number of nitrogens with zero attached hydrogens (tertiary/aromatic N) is 1. The number of thioether (sulfide) groups is 1. The molecule has 0 atom stereocenters. The average Bonchev–Trinajstić information content (AvgIpc) is 2.83. The highest BCUT2D eigenvalue weighted by Gasteiger charge is 2.31. The van der Waals surface area contributed by atoms with Crippen LogP contribution in [0.15, 0.2) is 57.9 Å². The Hall–Kier alpha value is -1.34. The summed E-state index contributed by atoms with van der Waals surface area (Å²) in [5.74, 6) is -0.0977. The Bertz CT molecular complexity index is 824. The molecule has 0 spiro atoms. The highest BCUT2D eigenvalue weighted by molar-refractivity contribution is 9.10. The number of rotatable bonds is 4. The summed E-state index contributed by atoms with van der Waals surface area (Å²) in [5, 5.41) is 3.88. The third-order valence-electron chi connectivity index (χ3n) is 3.34. The van der Waals surface area contributed by atoms with E-state index in [1.54, 1.807) is 17.0 Å². The number of anilines is 1. The lowest BCUT2D eigenvalue weighted by atomic mass is 10.2. The minimum Gasteiger partial charge on any atom is -0.366 e. The van der Waals surface area contributed by atoms with Gasteiger partial charge in [-0.1, -0.05) is 59.8 Å². The smallest absolute Gasteiger partial charge is 0.267 e. The minimum atomic E-state index is -0.0977. The molecule has 2 aromatic rings. The Kier molecular flexibility index (Phi) is 5.61. The highest BCUT2D eigenvalue weighted by atomic mass is 79.9. The van der Waals surface area contributed by atoms with Crippen LogP contribution in [-0.4, -0.2) is 21.8 Å². The number of hydrogen-bond acceptors (Lipinski definition) is 4. The van der Waals surface area contributed by atoms with Gasteiger partial charge in [-0.25, -0.2) is 0 Å². The molecule has 1 amide bonds. The third-order valence-corrected chi connectivity index (χ3v) is 5.66. The summed E-state index contributed by atoms with van der Waals surface area (Å²) < 4.78 is 1.48. The van der Waals surface area contributed by atoms with Crippen molar-refractivity contribution < 1.29 is 4.79 Å². The van der Waals surface area contributed by atoms with E-state index in [1.165, 1.54) is 11.8 Å². The molecule has 1 fully saturated rings. The van der Waals surface area contributed by atoms with Crippen molar-refractivity contribution in [2.75, 3.05) is 12.0 Å². The lowest BCUT2D eigenvalue weighted by Gasteiger charge is -2.16. The maximum atomic E-state index is 12.6. The standard InChI is InChI=1S/C17H12BrClN2OS2/c18-13-3-1-2-4-14(13)20-10-21-16(22)15(24-17(21)23)9-11-5-7-12(19)8-6-11/h1-9,20H,10H2. The van der Waals surface area contributed by atoms with Crippen LogP contribution >= 0.6 is 51.5 Å². The summed E-state index contributed by atoms with van der Waals surface area (Å²) in [6.45, 7) is 0.325. The van der Waals surface area contributed by atoms with E-state index < -0.39 is 0 Å². The number of hydrogen-bond donors (Lipinski definition) is 1. The molecule has 0 aliphatic carbocycles. The van der Waals surface area contributed by atoms with Gasteiger partial charge >= 0.3 is 0 Å². The summed E-state index contributed by atoms with van der Waals surface area (Å²) in [7, 11) is 0. The fourth-order valence-corrected chi connectivity index (χ4v) is 3.92. The zero-order chi connectivity index (χ0) is 17.1. The van der Waals surface area contributed by atoms with Crippen LogP contribution in [0.2, 0.25) is 5.02 Å². The molecule has 1 N–H and O–H groups in total. The first kappa shape index (κ1) is 17.5. The van der Waals surface area contributed by atoms with Gasteiger partial charge in [0.25, 0.3) is 5.91 Å². The van der Waals surface area contributed by atoms with Crippen molar-refractivity contribution in [1.29, 1.82) is 0 Å². The average molecular weight is 440 g/mol. The molecule has 1 saturated heterocycles. The van der Waals surface area contributed by atoms with E-state index >= 15 is 0 Å². The molecule has 1 heterocycles. The van der Waals surface area contributed by atoms with Crippen LogP contribution < -0.4 is 5.32 Å². The molecule has 0 radical (unpaired) electrons. The Morgan fingerprint density at radius 1 is 1.21 bits per heavy atom. The Morgan fingerprint density at radius 2 is 1.92 bits per heavy atom. The molecule has 0 bridgehead atoms. The second-order valence-electron chi connectivity index (χ2n) is 4.98. The summed E-state index contributed by atoms with van der Waals surface area (Å²) in [4.78, 5) is 14.7. The number of halogens is 2. The zero-order valence-corrected chi connectivity index (χ0v) is 16.3. The van der Waals surface area contributed by atoms with Crippen molar-refractivity contribution >= 4 is 73.5 Å². The third kappa shape index (κ3) is 4.00. The van der Waals surface area contributed by atoms with Crippen LogP contribution in [0.3, 0.4) is 0 Å². The monoisotopic (exact) mass is 438 g/mol. The highest BCUT2D eigenvalue weighted by Crippen LogP contribution is 2.33. The molecule has 1 aliphatic rings. The van der Waals surface area contributed by atoms with E-state index in [1.807, 2.05) is 42.5 Å². The lowest BCUT2D eigenvalue weighted by Crippen LogP contribution is -2.33. The molecule has 0 saturated carbocycles. The van der Waals surface area contributed by atoms with E-state index in [4.69, 9.17) is 23.8 Å². The van der Waals surface area contributed by atoms with Gasteiger partial charge < -0.3 is 5.32 Å². The number of thiocarbonyl (C=S) groups is 1. The van der Waals surface area contributed by atoms with Crippen molar-refractivity contribution in [3.63, 3.8) is 0 Å². The molecule has 3 rings (SSSR count). The summed E-state index contributed by atoms with van der Waals surface area (Å²) in [6.07, 6.45) is 1.83. The second kappa shape index (κ2) is 7.70. The van der Waals surface area contributed by atoms with Crippen molar-refractivity contribution in [3.05, 3.63) is 68.5 Å². The molecule has 0 aromatic heterocycles. The minimum absolute atomic E-state index is 0.0977. The van der Waals surface area contributed by atoms with Crippen LogP contribution in [0, 0.1) is 0 Å². The van der Waals surface area contributed by atoms with Gasteiger partial charge in [-0.05, 0) is 51.8 Å². The fraction of sp³-hybridized carbons (Fsp3) is 0.0588. The maximum absolute atomic E-state index is 12.6. The van der Waals surface area contributed by atoms with Gasteiger partial charge in [0.1, 0.15) is 4.32 Å². The number of amides is 1. The molecular weight excluding hydrogens is 428 g/mol. The molecular formula is C17H12BrClN2OS2. The number of para-hydroxylation sites is 1. The van der Waals surface area contributed by atoms with Crippen LogP contribution in [0.4, 0.5) is 5.69 Å². The summed E-state index contributed by atoms with van der Waals surface area (Å²) >= 11 is 16.0. The van der Waals surface area contributed by atoms with Crippen LogP contribution in [0.25, 0.3) is 6.08 Å². The van der Waals surface area contributed by atoms with E-state index in [0.29, 0.717) is 20.9 Å². The van der Waals surface area contributed by atoms with Crippen LogP contribution in [0.5, 0.6) is 0 Å². The Labute approximate surface area is 163 Å². The van der Waals surface area contributed by atoms with Crippen molar-refractivity contribution in [2.24, 2.45) is 0 Å². The first-order valence-corrected chi connectivity index (χ1v) is 9.43. The fourth-order valence-electron chi connectivity index (χ4n) is 2.12. The van der Waals surface area contributed by atoms with Crippen molar-refractivity contribution in [2.45, 2.75) is 0 Å². The van der Waals surface area contributed by atoms with Crippen molar-refractivity contribution in [3.8, 4) is 0 Å². The quantitative estimate of drug-likeness (QED) is 0.512. The molecule has 122 valence electrons. The van der Waals surface area contributed by atoms with Gasteiger partial charge in [0.2, 0.25) is 0 Å². The summed E-state index contributed by atoms with van der Waals surface area (Å²) in [5.41, 5.74) is 1.83. The first-order chi connectivity index (χ1) is 11.5. The van der Waals surface area contributed by atoms with Crippen LogP contribution in [0.1, 0.15) is 5.56 Å². The zero-order valence-electron chi connectivity index (χ0n) is 12.3. The number of carbonyl (C=O) groups is 1. The van der Waals surface area contributed by atoms with E-state index in [2.05, 4.69) is 21.2 Å². The molecule has 3 nitrogen and oxygen atoms in total. The maximum Gasteiger partial charge on any atom is 0.267 e. The largest absolute Gasteiger partial charge is 0.366 e. The molecule has 2 aromatic carbocycles. The molecule has 0 unspecified atom stereocenters. The predicted molar refractivity (Wildman–Crippen MR) is 109 cm³/mol. The van der Waals surface area contributed by atoms with Gasteiger partial charge in [-0.2, -0.15) is 0 Å². The first-order valence-electron chi connectivity index (χ1n) is 7.04. The van der Waals surface area contributed by atoms with Gasteiger partial charge in [-0.15, -0.1) is 0 Å². The summed E-state index contributed by atoms with van der Waals surface area (Å²) in [6, 6.07) is 15.1. The molecule has 1 aliphatic heterocycles. The topological polar surface area (TPSA) is 32.3 Å². The van der Waals surface area contributed by atoms with E-state index in [9.17, 15) is 4.79 Å². The van der Waals surface area contributed by atoms with E-state index in [-0.39, 0.29) is 5.91 Å². The van der Waals surface area contributed by atoms with Gasteiger partial charge in [0.15, 0.2) is 0 Å². The van der Waals surface area contributed by atoms with E-state index in [0.717, 1.165) is 15.7 Å². The second-order valence-corrected chi connectivity index (χ2v) is 7.94. The predicted octanol–water partition coefficient (Wildman–Crippen LogP) is 5.37. The van der Waals surface area contributed by atoms with Gasteiger partial charge in [-0.3, -0.25) is 9.69 Å². The number of benzene rings is 2. The lowest BCUT2D eigenvalue weighted by molar-refractivity contribution is -0.121. The Morgan fingerprint density at radius 3 is 2.62 bits per heavy atom. The normalized spacial score (nSPS) is 16.1. The van der Waals surface area contributed by atoms with Crippen molar-refractivity contribution in [1.82, 2.24) is 4.90 Å². The van der Waals surface area contributed by atoms with Gasteiger partial charge in [0, 0.05) is 15.2 Å².